The van der Waals surface area contributed by atoms with Gasteiger partial charge in [-0.25, -0.2) is 0 Å². The van der Waals surface area contributed by atoms with E-state index in [1.165, 1.54) is 0 Å². The molecule has 2 aromatic carbocycles. The Morgan fingerprint density at radius 2 is 1.55 bits per heavy atom. The maximum absolute atomic E-state index is 9.93. The standard InChI is InChI=1S/C16H18N2O2/c17-16(15(19)11-13-7-3-1-4-8-13)18-20-12-14-9-5-2-6-10-14/h1-10,15,19H,11-12H2,(H2,17,18). The molecule has 0 aliphatic carbocycles. The first-order valence-electron chi connectivity index (χ1n) is 6.47. The molecule has 3 N–H and O–H groups in total. The van der Waals surface area contributed by atoms with Crippen LogP contribution in [0.1, 0.15) is 11.1 Å². The van der Waals surface area contributed by atoms with Crippen LogP contribution in [0, 0.1) is 0 Å². The molecule has 0 heterocycles. The second-order valence-electron chi connectivity index (χ2n) is 4.48. The zero-order valence-corrected chi connectivity index (χ0v) is 11.1. The zero-order valence-electron chi connectivity index (χ0n) is 11.1. The highest BCUT2D eigenvalue weighted by atomic mass is 16.6. The van der Waals surface area contributed by atoms with Crippen LogP contribution in [0.15, 0.2) is 65.8 Å². The largest absolute Gasteiger partial charge is 0.389 e. The molecular formula is C16H18N2O2. The maximum atomic E-state index is 9.93. The first-order chi connectivity index (χ1) is 9.75. The van der Waals surface area contributed by atoms with Crippen molar-refractivity contribution in [2.45, 2.75) is 19.1 Å². The van der Waals surface area contributed by atoms with Crippen molar-refractivity contribution in [3.05, 3.63) is 71.8 Å². The highest BCUT2D eigenvalue weighted by Crippen LogP contribution is 2.04. The van der Waals surface area contributed by atoms with Crippen LogP contribution in [0.3, 0.4) is 0 Å². The molecule has 0 aliphatic heterocycles. The Morgan fingerprint density at radius 3 is 2.15 bits per heavy atom. The fraction of sp³-hybridized carbons (Fsp3) is 0.188. The number of nitrogens with two attached hydrogens (primary N) is 1. The van der Waals surface area contributed by atoms with E-state index < -0.39 is 6.10 Å². The monoisotopic (exact) mass is 270 g/mol. The molecule has 4 heteroatoms. The van der Waals surface area contributed by atoms with Gasteiger partial charge in [0.1, 0.15) is 12.7 Å². The van der Waals surface area contributed by atoms with Gasteiger partial charge in [0.2, 0.25) is 0 Å². The Hall–Kier alpha value is -2.33. The number of oxime groups is 1. The van der Waals surface area contributed by atoms with Crippen LogP contribution < -0.4 is 5.73 Å². The number of aliphatic hydroxyl groups is 1. The third-order valence-corrected chi connectivity index (χ3v) is 2.86. The molecular weight excluding hydrogens is 252 g/mol. The van der Waals surface area contributed by atoms with Gasteiger partial charge in [0.25, 0.3) is 0 Å². The van der Waals surface area contributed by atoms with Crippen molar-refractivity contribution in [1.82, 2.24) is 0 Å². The number of aliphatic hydroxyl groups excluding tert-OH is 1. The lowest BCUT2D eigenvalue weighted by Gasteiger charge is -2.09. The Morgan fingerprint density at radius 1 is 1.00 bits per heavy atom. The number of hydrogen-bond acceptors (Lipinski definition) is 3. The Balaban J connectivity index is 1.83. The predicted molar refractivity (Wildman–Crippen MR) is 79.0 cm³/mol. The fourth-order valence-electron chi connectivity index (χ4n) is 1.76. The van der Waals surface area contributed by atoms with E-state index in [-0.39, 0.29) is 5.84 Å². The summed E-state index contributed by atoms with van der Waals surface area (Å²) in [6, 6.07) is 19.3. The molecule has 1 atom stereocenters. The molecule has 1 unspecified atom stereocenters. The van der Waals surface area contributed by atoms with Crippen LogP contribution in [-0.2, 0) is 17.9 Å². The molecule has 0 spiro atoms. The van der Waals surface area contributed by atoms with Crippen molar-refractivity contribution in [1.29, 1.82) is 0 Å². The van der Waals surface area contributed by atoms with E-state index in [1.807, 2.05) is 60.7 Å². The van der Waals surface area contributed by atoms with E-state index in [0.717, 1.165) is 11.1 Å². The Labute approximate surface area is 118 Å². The van der Waals surface area contributed by atoms with E-state index in [1.54, 1.807) is 0 Å². The van der Waals surface area contributed by atoms with Crippen LogP contribution in [0.25, 0.3) is 0 Å². The SMILES string of the molecule is N/C(=N/OCc1ccccc1)C(O)Cc1ccccc1. The lowest BCUT2D eigenvalue weighted by molar-refractivity contribution is 0.124. The molecule has 0 aliphatic rings. The van der Waals surface area contributed by atoms with Gasteiger partial charge in [-0.05, 0) is 11.1 Å². The summed E-state index contributed by atoms with van der Waals surface area (Å²) in [6.45, 7) is 0.333. The minimum absolute atomic E-state index is 0.0878. The first kappa shape index (κ1) is 14.1. The van der Waals surface area contributed by atoms with E-state index in [4.69, 9.17) is 10.6 Å². The normalized spacial score (nSPS) is 12.9. The Kier molecular flexibility index (Phi) is 5.15. The smallest absolute Gasteiger partial charge is 0.168 e. The van der Waals surface area contributed by atoms with E-state index >= 15 is 0 Å². The van der Waals surface area contributed by atoms with Gasteiger partial charge in [0.15, 0.2) is 5.84 Å². The topological polar surface area (TPSA) is 67.8 Å². The van der Waals surface area contributed by atoms with Crippen molar-refractivity contribution in [3.8, 4) is 0 Å². The summed E-state index contributed by atoms with van der Waals surface area (Å²) in [5.74, 6) is 0.0878. The summed E-state index contributed by atoms with van der Waals surface area (Å²) in [6.07, 6.45) is -0.418. The third kappa shape index (κ3) is 4.40. The van der Waals surface area contributed by atoms with Crippen molar-refractivity contribution in [2.75, 3.05) is 0 Å². The summed E-state index contributed by atoms with van der Waals surface area (Å²) in [5, 5.41) is 13.7. The molecule has 2 aromatic rings. The molecule has 4 nitrogen and oxygen atoms in total. The molecule has 0 saturated carbocycles. The molecule has 0 saturated heterocycles. The fourth-order valence-corrected chi connectivity index (χ4v) is 1.76. The average molecular weight is 270 g/mol. The second kappa shape index (κ2) is 7.31. The highest BCUT2D eigenvalue weighted by Gasteiger charge is 2.10. The van der Waals surface area contributed by atoms with Crippen molar-refractivity contribution < 1.29 is 9.94 Å². The number of rotatable bonds is 6. The minimum atomic E-state index is -0.840. The molecule has 0 aromatic heterocycles. The molecule has 0 radical (unpaired) electrons. The van der Waals surface area contributed by atoms with E-state index in [0.29, 0.717) is 13.0 Å². The van der Waals surface area contributed by atoms with Crippen LogP contribution in [-0.4, -0.2) is 17.0 Å². The third-order valence-electron chi connectivity index (χ3n) is 2.86. The van der Waals surface area contributed by atoms with Gasteiger partial charge in [-0.3, -0.25) is 0 Å². The molecule has 0 fully saturated rings. The predicted octanol–water partition coefficient (Wildman–Crippen LogP) is 2.08. The van der Waals surface area contributed by atoms with E-state index in [9.17, 15) is 5.11 Å². The van der Waals surface area contributed by atoms with Crippen LogP contribution in [0.2, 0.25) is 0 Å². The van der Waals surface area contributed by atoms with Gasteiger partial charge in [-0.1, -0.05) is 65.8 Å². The van der Waals surface area contributed by atoms with Gasteiger partial charge in [0.05, 0.1) is 0 Å². The number of benzene rings is 2. The van der Waals surface area contributed by atoms with Crippen LogP contribution in [0.5, 0.6) is 0 Å². The van der Waals surface area contributed by atoms with Crippen molar-refractivity contribution in [2.24, 2.45) is 10.9 Å². The highest BCUT2D eigenvalue weighted by molar-refractivity contribution is 5.84. The molecule has 0 bridgehead atoms. The molecule has 2 rings (SSSR count). The Bertz CT molecular complexity index is 541. The lowest BCUT2D eigenvalue weighted by atomic mass is 10.1. The maximum Gasteiger partial charge on any atom is 0.168 e. The summed E-state index contributed by atoms with van der Waals surface area (Å²) in [7, 11) is 0. The van der Waals surface area contributed by atoms with Crippen LogP contribution in [0.4, 0.5) is 0 Å². The van der Waals surface area contributed by atoms with Gasteiger partial charge in [-0.2, -0.15) is 0 Å². The van der Waals surface area contributed by atoms with Crippen molar-refractivity contribution >= 4 is 5.84 Å². The molecule has 104 valence electrons. The number of hydrogen-bond donors (Lipinski definition) is 2. The molecule has 0 amide bonds. The summed E-state index contributed by atoms with van der Waals surface area (Å²) < 4.78 is 0. The summed E-state index contributed by atoms with van der Waals surface area (Å²) in [5.41, 5.74) is 7.71. The molecule has 20 heavy (non-hydrogen) atoms. The second-order valence-corrected chi connectivity index (χ2v) is 4.48. The van der Waals surface area contributed by atoms with Gasteiger partial charge >= 0.3 is 0 Å². The lowest BCUT2D eigenvalue weighted by Crippen LogP contribution is -2.30. The quantitative estimate of drug-likeness (QED) is 0.480. The summed E-state index contributed by atoms with van der Waals surface area (Å²) in [4.78, 5) is 5.14. The van der Waals surface area contributed by atoms with E-state index in [2.05, 4.69) is 5.16 Å². The van der Waals surface area contributed by atoms with Gasteiger partial charge in [-0.15, -0.1) is 0 Å². The number of amidine groups is 1. The van der Waals surface area contributed by atoms with Gasteiger partial charge in [0, 0.05) is 6.42 Å². The van der Waals surface area contributed by atoms with Gasteiger partial charge < -0.3 is 15.7 Å². The number of nitrogens with zero attached hydrogens (tertiary/aromatic N) is 1. The first-order valence-corrected chi connectivity index (χ1v) is 6.47. The minimum Gasteiger partial charge on any atom is -0.389 e. The summed E-state index contributed by atoms with van der Waals surface area (Å²) >= 11 is 0. The van der Waals surface area contributed by atoms with Crippen molar-refractivity contribution in [3.63, 3.8) is 0 Å². The van der Waals surface area contributed by atoms with Crippen LogP contribution >= 0.6 is 0 Å². The zero-order chi connectivity index (χ0) is 14.2. The average Bonchev–Trinajstić information content (AvgIpc) is 2.49.